The SMILES string of the molecule is COC(=O)c1ccc(NC(=O)Cc2csc(SCc3cccc(Cl)c3)n2)cc1. The maximum Gasteiger partial charge on any atom is 0.337 e. The molecule has 0 spiro atoms. The molecule has 0 aliphatic rings. The van der Waals surface area contributed by atoms with Gasteiger partial charge in [-0.2, -0.15) is 0 Å². The molecule has 8 heteroatoms. The molecule has 0 saturated heterocycles. The van der Waals surface area contributed by atoms with Gasteiger partial charge in [0.25, 0.3) is 0 Å². The highest BCUT2D eigenvalue weighted by Gasteiger charge is 2.10. The van der Waals surface area contributed by atoms with Crippen LogP contribution in [0.2, 0.25) is 5.02 Å². The van der Waals surface area contributed by atoms with Crippen molar-refractivity contribution in [3.63, 3.8) is 0 Å². The van der Waals surface area contributed by atoms with Crippen LogP contribution in [0.1, 0.15) is 21.6 Å². The number of hydrogen-bond donors (Lipinski definition) is 1. The fourth-order valence-corrected chi connectivity index (χ4v) is 4.39. The molecule has 0 bridgehead atoms. The number of anilines is 1. The number of thiazole rings is 1. The molecule has 1 amide bonds. The molecular formula is C20H17ClN2O3S2. The molecule has 0 radical (unpaired) electrons. The van der Waals surface area contributed by atoms with Crippen molar-refractivity contribution in [3.05, 3.63) is 75.8 Å². The number of halogens is 1. The second kappa shape index (κ2) is 9.73. The topological polar surface area (TPSA) is 68.3 Å². The number of amides is 1. The van der Waals surface area contributed by atoms with Gasteiger partial charge in [-0.15, -0.1) is 11.3 Å². The lowest BCUT2D eigenvalue weighted by molar-refractivity contribution is -0.115. The van der Waals surface area contributed by atoms with E-state index in [1.165, 1.54) is 18.4 Å². The van der Waals surface area contributed by atoms with E-state index >= 15 is 0 Å². The molecule has 5 nitrogen and oxygen atoms in total. The summed E-state index contributed by atoms with van der Waals surface area (Å²) in [5.41, 5.74) is 2.90. The Morgan fingerprint density at radius 3 is 2.71 bits per heavy atom. The van der Waals surface area contributed by atoms with Gasteiger partial charge in [0.15, 0.2) is 0 Å². The van der Waals surface area contributed by atoms with E-state index in [1.807, 2.05) is 29.6 Å². The zero-order chi connectivity index (χ0) is 19.9. The summed E-state index contributed by atoms with van der Waals surface area (Å²) < 4.78 is 5.56. The molecule has 1 N–H and O–H groups in total. The van der Waals surface area contributed by atoms with Crippen molar-refractivity contribution in [2.24, 2.45) is 0 Å². The van der Waals surface area contributed by atoms with Crippen molar-refractivity contribution in [2.75, 3.05) is 12.4 Å². The van der Waals surface area contributed by atoms with Gasteiger partial charge in [-0.3, -0.25) is 4.79 Å². The summed E-state index contributed by atoms with van der Waals surface area (Å²) in [5, 5.41) is 5.41. The third-order valence-electron chi connectivity index (χ3n) is 3.71. The lowest BCUT2D eigenvalue weighted by Crippen LogP contribution is -2.14. The number of aromatic nitrogens is 1. The highest BCUT2D eigenvalue weighted by molar-refractivity contribution is 8.00. The van der Waals surface area contributed by atoms with Gasteiger partial charge in [-0.25, -0.2) is 9.78 Å². The quantitative estimate of drug-likeness (QED) is 0.417. The van der Waals surface area contributed by atoms with Crippen LogP contribution in [0.15, 0.2) is 58.3 Å². The summed E-state index contributed by atoms with van der Waals surface area (Å²) in [4.78, 5) is 28.2. The zero-order valence-electron chi connectivity index (χ0n) is 15.0. The number of ether oxygens (including phenoxy) is 1. The molecule has 1 aromatic heterocycles. The summed E-state index contributed by atoms with van der Waals surface area (Å²) in [7, 11) is 1.33. The second-order valence-electron chi connectivity index (χ2n) is 5.82. The average molecular weight is 433 g/mol. The number of rotatable bonds is 7. The van der Waals surface area contributed by atoms with Gasteiger partial charge in [-0.1, -0.05) is 35.5 Å². The number of methoxy groups -OCH3 is 1. The van der Waals surface area contributed by atoms with Crippen LogP contribution in [0.4, 0.5) is 5.69 Å². The minimum atomic E-state index is -0.414. The number of carbonyl (C=O) groups excluding carboxylic acids is 2. The Kier molecular flexibility index (Phi) is 7.08. The molecule has 3 aromatic rings. The number of benzene rings is 2. The van der Waals surface area contributed by atoms with Crippen molar-refractivity contribution in [1.29, 1.82) is 0 Å². The van der Waals surface area contributed by atoms with Crippen molar-refractivity contribution in [3.8, 4) is 0 Å². The Bertz CT molecular complexity index is 974. The van der Waals surface area contributed by atoms with Crippen molar-refractivity contribution >= 4 is 52.3 Å². The number of esters is 1. The van der Waals surface area contributed by atoms with Crippen LogP contribution >= 0.6 is 34.7 Å². The minimum absolute atomic E-state index is 0.164. The highest BCUT2D eigenvalue weighted by Crippen LogP contribution is 2.27. The standard InChI is InChI=1S/C20H17ClN2O3S2/c1-26-19(25)14-5-7-16(8-6-14)22-18(24)10-17-12-28-20(23-17)27-11-13-3-2-4-15(21)9-13/h2-9,12H,10-11H2,1H3,(H,22,24). The summed E-state index contributed by atoms with van der Waals surface area (Å²) in [6, 6.07) is 14.3. The number of carbonyl (C=O) groups is 2. The fraction of sp³-hybridized carbons (Fsp3) is 0.150. The first-order chi connectivity index (χ1) is 13.5. The van der Waals surface area contributed by atoms with Crippen LogP contribution in [0.25, 0.3) is 0 Å². The third-order valence-corrected chi connectivity index (χ3v) is 6.09. The Balaban J connectivity index is 1.51. The van der Waals surface area contributed by atoms with Crippen LogP contribution < -0.4 is 5.32 Å². The smallest absolute Gasteiger partial charge is 0.337 e. The predicted octanol–water partition coefficient (Wildman–Crippen LogP) is 5.06. The van der Waals surface area contributed by atoms with Crippen LogP contribution in [0.3, 0.4) is 0 Å². The molecule has 3 rings (SSSR count). The highest BCUT2D eigenvalue weighted by atomic mass is 35.5. The molecule has 0 aliphatic carbocycles. The summed E-state index contributed by atoms with van der Waals surface area (Å²) in [6.07, 6.45) is 0.187. The first-order valence-corrected chi connectivity index (χ1v) is 10.6. The van der Waals surface area contributed by atoms with Crippen LogP contribution in [-0.2, 0) is 21.7 Å². The van der Waals surface area contributed by atoms with E-state index in [2.05, 4.69) is 15.0 Å². The number of hydrogen-bond acceptors (Lipinski definition) is 6. The Morgan fingerprint density at radius 2 is 2.00 bits per heavy atom. The fourth-order valence-electron chi connectivity index (χ4n) is 2.38. The molecule has 144 valence electrons. The van der Waals surface area contributed by atoms with E-state index in [9.17, 15) is 9.59 Å². The van der Waals surface area contributed by atoms with Gasteiger partial charge in [0.2, 0.25) is 5.91 Å². The maximum atomic E-state index is 12.2. The summed E-state index contributed by atoms with van der Waals surface area (Å²) in [5.74, 6) is 0.192. The molecule has 0 unspecified atom stereocenters. The van der Waals surface area contributed by atoms with E-state index in [0.717, 1.165) is 21.3 Å². The average Bonchev–Trinajstić information content (AvgIpc) is 3.13. The summed E-state index contributed by atoms with van der Waals surface area (Å²) in [6.45, 7) is 0. The number of nitrogens with zero attached hydrogens (tertiary/aromatic N) is 1. The first-order valence-electron chi connectivity index (χ1n) is 8.33. The van der Waals surface area contributed by atoms with Crippen LogP contribution in [-0.4, -0.2) is 24.0 Å². The second-order valence-corrected chi connectivity index (χ2v) is 8.33. The van der Waals surface area contributed by atoms with E-state index < -0.39 is 5.97 Å². The maximum absolute atomic E-state index is 12.2. The number of nitrogens with one attached hydrogen (secondary N) is 1. The van der Waals surface area contributed by atoms with Crippen molar-refractivity contribution < 1.29 is 14.3 Å². The van der Waals surface area contributed by atoms with Crippen LogP contribution in [0, 0.1) is 0 Å². The predicted molar refractivity (Wildman–Crippen MR) is 113 cm³/mol. The van der Waals surface area contributed by atoms with Crippen molar-refractivity contribution in [2.45, 2.75) is 16.5 Å². The summed E-state index contributed by atoms with van der Waals surface area (Å²) >= 11 is 9.13. The van der Waals surface area contributed by atoms with E-state index in [4.69, 9.17) is 11.6 Å². The van der Waals surface area contributed by atoms with Gasteiger partial charge >= 0.3 is 5.97 Å². The lowest BCUT2D eigenvalue weighted by atomic mass is 10.2. The zero-order valence-corrected chi connectivity index (χ0v) is 17.4. The molecule has 28 heavy (non-hydrogen) atoms. The lowest BCUT2D eigenvalue weighted by Gasteiger charge is -2.05. The molecule has 0 aliphatic heterocycles. The number of thioether (sulfide) groups is 1. The van der Waals surface area contributed by atoms with Gasteiger partial charge in [-0.05, 0) is 42.0 Å². The monoisotopic (exact) mass is 432 g/mol. The largest absolute Gasteiger partial charge is 0.465 e. The minimum Gasteiger partial charge on any atom is -0.465 e. The van der Waals surface area contributed by atoms with Crippen LogP contribution in [0.5, 0.6) is 0 Å². The first kappa shape index (κ1) is 20.4. The van der Waals surface area contributed by atoms with E-state index in [1.54, 1.807) is 36.0 Å². The molecule has 0 fully saturated rings. The van der Waals surface area contributed by atoms with Gasteiger partial charge < -0.3 is 10.1 Å². The van der Waals surface area contributed by atoms with Gasteiger partial charge in [0, 0.05) is 21.8 Å². The molecular weight excluding hydrogens is 416 g/mol. The Labute approximate surface area is 176 Å². The molecule has 1 heterocycles. The molecule has 2 aromatic carbocycles. The Morgan fingerprint density at radius 1 is 1.21 bits per heavy atom. The molecule has 0 saturated carbocycles. The third kappa shape index (κ3) is 5.82. The Hall–Kier alpha value is -2.35. The van der Waals surface area contributed by atoms with E-state index in [0.29, 0.717) is 16.3 Å². The normalized spacial score (nSPS) is 10.5. The van der Waals surface area contributed by atoms with Crippen molar-refractivity contribution in [1.82, 2.24) is 4.98 Å². The van der Waals surface area contributed by atoms with Gasteiger partial charge in [0.1, 0.15) is 4.34 Å². The molecule has 0 atom stereocenters. The van der Waals surface area contributed by atoms with E-state index in [-0.39, 0.29) is 12.3 Å². The van der Waals surface area contributed by atoms with Gasteiger partial charge in [0.05, 0.1) is 24.8 Å².